The van der Waals surface area contributed by atoms with E-state index in [4.69, 9.17) is 34.9 Å². The Morgan fingerprint density at radius 3 is 2.32 bits per heavy atom. The van der Waals surface area contributed by atoms with E-state index >= 15 is 0 Å². The van der Waals surface area contributed by atoms with Gasteiger partial charge in [-0.2, -0.15) is 0 Å². The molecule has 1 aliphatic heterocycles. The van der Waals surface area contributed by atoms with Gasteiger partial charge in [0.15, 0.2) is 10.2 Å². The lowest BCUT2D eigenvalue weighted by molar-refractivity contribution is 0.0389. The van der Waals surface area contributed by atoms with Crippen molar-refractivity contribution in [2.45, 2.75) is 65.0 Å². The van der Waals surface area contributed by atoms with Crippen LogP contribution in [-0.4, -0.2) is 73.6 Å². The second-order valence-corrected chi connectivity index (χ2v) is 9.77. The molecule has 1 aromatic carbocycles. The van der Waals surface area contributed by atoms with E-state index in [1.165, 1.54) is 43.9 Å². The summed E-state index contributed by atoms with van der Waals surface area (Å²) in [6, 6.07) is 10.8. The number of benzene rings is 1. The van der Waals surface area contributed by atoms with Gasteiger partial charge in [-0.3, -0.25) is 4.90 Å². The van der Waals surface area contributed by atoms with Crippen molar-refractivity contribution in [1.82, 2.24) is 31.5 Å². The van der Waals surface area contributed by atoms with Gasteiger partial charge >= 0.3 is 0 Å². The smallest absolute Gasteiger partial charge is 0.166 e. The molecule has 8 nitrogen and oxygen atoms in total. The van der Waals surface area contributed by atoms with E-state index in [1.54, 1.807) is 6.20 Å². The standard InChI is InChI=1S/C14H21N3OS.C12H24N4S.C2H6/c19-14(16-12-13-4-2-1-3-5-13)15-6-7-17-8-10-18-11-9-17;13-7-10-14-8-4-9-15-12(17)16-11-5-2-1-3-6-11;1-2/h1-5H,6-12H2,(H2,15,16,19);7,10-11,14H,1-6,8-9,13H2,(H2,15,16,17);1-2H3/b;10-7-;. The lowest BCUT2D eigenvalue weighted by Gasteiger charge is -2.26. The highest BCUT2D eigenvalue weighted by molar-refractivity contribution is 7.80. The first-order chi connectivity index (χ1) is 18.7. The summed E-state index contributed by atoms with van der Waals surface area (Å²) in [6.07, 6.45) is 10.8. The van der Waals surface area contributed by atoms with E-state index in [9.17, 15) is 0 Å². The third-order valence-electron chi connectivity index (χ3n) is 6.05. The summed E-state index contributed by atoms with van der Waals surface area (Å²) in [4.78, 5) is 2.39. The van der Waals surface area contributed by atoms with E-state index < -0.39 is 0 Å². The largest absolute Gasteiger partial charge is 0.403 e. The van der Waals surface area contributed by atoms with Gasteiger partial charge in [0.2, 0.25) is 0 Å². The predicted octanol–water partition coefficient (Wildman–Crippen LogP) is 3.20. The third-order valence-corrected chi connectivity index (χ3v) is 6.60. The molecule has 3 rings (SSSR count). The van der Waals surface area contributed by atoms with Gasteiger partial charge in [-0.15, -0.1) is 0 Å². The minimum absolute atomic E-state index is 0.585. The topological polar surface area (TPSA) is 98.6 Å². The quantitative estimate of drug-likeness (QED) is 0.177. The molecule has 216 valence electrons. The molecule has 0 bridgehead atoms. The fraction of sp³-hybridized carbons (Fsp3) is 0.643. The lowest BCUT2D eigenvalue weighted by Crippen LogP contribution is -2.43. The molecule has 0 atom stereocenters. The van der Waals surface area contributed by atoms with Gasteiger partial charge in [0.05, 0.1) is 13.2 Å². The van der Waals surface area contributed by atoms with Crippen LogP contribution in [0.25, 0.3) is 0 Å². The van der Waals surface area contributed by atoms with Gasteiger partial charge in [-0.1, -0.05) is 63.4 Å². The summed E-state index contributed by atoms with van der Waals surface area (Å²) in [5.74, 6) is 0. The second-order valence-electron chi connectivity index (χ2n) is 8.95. The summed E-state index contributed by atoms with van der Waals surface area (Å²) in [5, 5.41) is 17.7. The SMILES string of the molecule is CC.N/C=C\NCCCNC(=S)NC1CCCCC1.S=C(NCCN1CCOCC1)NCc1ccccc1. The molecule has 38 heavy (non-hydrogen) atoms. The van der Waals surface area contributed by atoms with Crippen LogP contribution in [-0.2, 0) is 11.3 Å². The Morgan fingerprint density at radius 1 is 0.947 bits per heavy atom. The molecule has 2 aliphatic rings. The monoisotopic (exact) mass is 565 g/mol. The van der Waals surface area contributed by atoms with Crippen molar-refractivity contribution >= 4 is 34.7 Å². The van der Waals surface area contributed by atoms with Crippen LogP contribution in [0.4, 0.5) is 0 Å². The van der Waals surface area contributed by atoms with Gasteiger partial charge in [0.25, 0.3) is 0 Å². The van der Waals surface area contributed by atoms with Crippen molar-refractivity contribution in [3.05, 3.63) is 48.3 Å². The maximum atomic E-state index is 5.31. The zero-order valence-corrected chi connectivity index (χ0v) is 25.1. The summed E-state index contributed by atoms with van der Waals surface area (Å²) < 4.78 is 5.31. The summed E-state index contributed by atoms with van der Waals surface area (Å²) in [7, 11) is 0. The van der Waals surface area contributed by atoms with Crippen LogP contribution in [0.1, 0.15) is 57.9 Å². The van der Waals surface area contributed by atoms with Crippen LogP contribution in [0.15, 0.2) is 42.7 Å². The van der Waals surface area contributed by atoms with E-state index in [-0.39, 0.29) is 0 Å². The Morgan fingerprint density at radius 2 is 1.63 bits per heavy atom. The Kier molecular flexibility index (Phi) is 21.3. The molecule has 1 heterocycles. The van der Waals surface area contributed by atoms with Crippen LogP contribution in [0.2, 0.25) is 0 Å². The van der Waals surface area contributed by atoms with Crippen LogP contribution >= 0.6 is 24.4 Å². The van der Waals surface area contributed by atoms with Crippen LogP contribution in [0.5, 0.6) is 0 Å². The molecule has 0 amide bonds. The number of thiocarbonyl (C=S) groups is 2. The van der Waals surface area contributed by atoms with Crippen molar-refractivity contribution in [2.75, 3.05) is 52.5 Å². The number of ether oxygens (including phenoxy) is 1. The average Bonchev–Trinajstić information content (AvgIpc) is 2.97. The molecule has 7 N–H and O–H groups in total. The highest BCUT2D eigenvalue weighted by Crippen LogP contribution is 2.17. The highest BCUT2D eigenvalue weighted by Gasteiger charge is 2.13. The first-order valence-corrected chi connectivity index (χ1v) is 15.0. The molecule has 0 unspecified atom stereocenters. The maximum Gasteiger partial charge on any atom is 0.166 e. The van der Waals surface area contributed by atoms with Crippen molar-refractivity contribution in [3.8, 4) is 0 Å². The fourth-order valence-electron chi connectivity index (χ4n) is 4.02. The number of morpholine rings is 1. The molecule has 10 heteroatoms. The Balaban J connectivity index is 0.000000359. The minimum atomic E-state index is 0.585. The van der Waals surface area contributed by atoms with E-state index in [2.05, 4.69) is 43.6 Å². The van der Waals surface area contributed by atoms with E-state index in [0.717, 1.165) is 75.7 Å². The number of hydrogen-bond donors (Lipinski definition) is 6. The zero-order valence-electron chi connectivity index (χ0n) is 23.5. The molecule has 0 radical (unpaired) electrons. The van der Waals surface area contributed by atoms with Crippen molar-refractivity contribution in [3.63, 3.8) is 0 Å². The molecule has 0 aromatic heterocycles. The summed E-state index contributed by atoms with van der Waals surface area (Å²) in [5.41, 5.74) is 6.44. The van der Waals surface area contributed by atoms with Crippen molar-refractivity contribution < 1.29 is 4.74 Å². The maximum absolute atomic E-state index is 5.31. The number of nitrogens with one attached hydrogen (secondary N) is 5. The molecular formula is C28H51N7OS2. The third kappa shape index (κ3) is 18.2. The normalized spacial score (nSPS) is 15.7. The Bertz CT molecular complexity index is 740. The van der Waals surface area contributed by atoms with Gasteiger partial charge in [0, 0.05) is 64.3 Å². The number of nitrogens with two attached hydrogens (primary N) is 1. The second kappa shape index (κ2) is 23.9. The number of nitrogens with zero attached hydrogens (tertiary/aromatic N) is 1. The summed E-state index contributed by atoms with van der Waals surface area (Å²) in [6.45, 7) is 12.2. The fourth-order valence-corrected chi connectivity index (χ4v) is 4.46. The molecule has 1 saturated heterocycles. The van der Waals surface area contributed by atoms with E-state index in [0.29, 0.717) is 6.04 Å². The van der Waals surface area contributed by atoms with Crippen LogP contribution < -0.4 is 32.3 Å². The van der Waals surface area contributed by atoms with Gasteiger partial charge < -0.3 is 37.1 Å². The molecule has 1 saturated carbocycles. The number of hydrogen-bond acceptors (Lipinski definition) is 6. The molecule has 2 fully saturated rings. The highest BCUT2D eigenvalue weighted by atomic mass is 32.1. The first-order valence-electron chi connectivity index (χ1n) is 14.2. The number of rotatable bonds is 11. The molecule has 1 aromatic rings. The minimum Gasteiger partial charge on any atom is -0.403 e. The molecular weight excluding hydrogens is 514 g/mol. The van der Waals surface area contributed by atoms with Gasteiger partial charge in [0.1, 0.15) is 0 Å². The van der Waals surface area contributed by atoms with Gasteiger partial charge in [-0.25, -0.2) is 0 Å². The lowest BCUT2D eigenvalue weighted by atomic mass is 9.96. The van der Waals surface area contributed by atoms with Crippen molar-refractivity contribution in [1.29, 1.82) is 0 Å². The molecule has 1 aliphatic carbocycles. The van der Waals surface area contributed by atoms with E-state index in [1.807, 2.05) is 32.0 Å². The average molecular weight is 566 g/mol. The van der Waals surface area contributed by atoms with Crippen LogP contribution in [0.3, 0.4) is 0 Å². The zero-order chi connectivity index (χ0) is 27.7. The van der Waals surface area contributed by atoms with Gasteiger partial charge in [-0.05, 0) is 49.3 Å². The summed E-state index contributed by atoms with van der Waals surface area (Å²) >= 11 is 10.5. The van der Waals surface area contributed by atoms with Crippen molar-refractivity contribution in [2.24, 2.45) is 5.73 Å². The first kappa shape index (κ1) is 33.9. The Labute approximate surface area is 241 Å². The predicted molar refractivity (Wildman–Crippen MR) is 169 cm³/mol. The molecule has 0 spiro atoms. The van der Waals surface area contributed by atoms with Crippen LogP contribution in [0, 0.1) is 0 Å². The Hall–Kier alpha value is -2.14.